The Morgan fingerprint density at radius 2 is 1.90 bits per heavy atom. The lowest BCUT2D eigenvalue weighted by atomic mass is 9.98. The topological polar surface area (TPSA) is 29.1 Å². The minimum absolute atomic E-state index is 0.0317. The predicted molar refractivity (Wildman–Crippen MR) is 87.2 cm³/mol. The summed E-state index contributed by atoms with van der Waals surface area (Å²) in [5.74, 6) is -0.506. The third kappa shape index (κ3) is 3.91. The molecule has 2 aromatic carbocycles. The van der Waals surface area contributed by atoms with Crippen LogP contribution in [0, 0.1) is 5.82 Å². The molecular weight excluding hydrogens is 333 g/mol. The van der Waals surface area contributed by atoms with E-state index in [-0.39, 0.29) is 5.56 Å². The number of amides is 1. The van der Waals surface area contributed by atoms with Crippen LogP contribution in [-0.2, 0) is 0 Å². The van der Waals surface area contributed by atoms with E-state index in [2.05, 4.69) is 35.1 Å². The number of hydrogen-bond acceptors (Lipinski definition) is 1. The van der Waals surface area contributed by atoms with Crippen molar-refractivity contribution in [2.24, 2.45) is 0 Å². The first-order valence-corrected chi connectivity index (χ1v) is 7.67. The van der Waals surface area contributed by atoms with Crippen LogP contribution < -0.4 is 5.32 Å². The Labute approximate surface area is 132 Å². The zero-order valence-corrected chi connectivity index (χ0v) is 13.6. The van der Waals surface area contributed by atoms with Gasteiger partial charge in [-0.25, -0.2) is 4.39 Å². The monoisotopic (exact) mass is 349 g/mol. The molecule has 1 amide bonds. The highest BCUT2D eigenvalue weighted by molar-refractivity contribution is 9.10. The van der Waals surface area contributed by atoms with Crippen molar-refractivity contribution >= 4 is 27.5 Å². The van der Waals surface area contributed by atoms with E-state index in [0.29, 0.717) is 16.1 Å². The molecule has 2 nitrogen and oxygen atoms in total. The van der Waals surface area contributed by atoms with Gasteiger partial charge in [0, 0.05) is 10.2 Å². The maximum Gasteiger partial charge on any atom is 0.258 e. The second-order valence-corrected chi connectivity index (χ2v) is 5.93. The third-order valence-electron chi connectivity index (χ3n) is 3.53. The van der Waals surface area contributed by atoms with Crippen molar-refractivity contribution in [3.63, 3.8) is 0 Å². The largest absolute Gasteiger partial charge is 0.322 e. The molecule has 0 fully saturated rings. The molecule has 0 aliphatic rings. The molecule has 0 radical (unpaired) electrons. The minimum Gasteiger partial charge on any atom is -0.322 e. The zero-order chi connectivity index (χ0) is 15.4. The molecule has 0 bridgehead atoms. The first-order chi connectivity index (χ1) is 10.0. The van der Waals surface area contributed by atoms with E-state index in [1.54, 1.807) is 6.07 Å². The second kappa shape index (κ2) is 6.85. The number of benzene rings is 2. The Morgan fingerprint density at radius 3 is 2.48 bits per heavy atom. The smallest absolute Gasteiger partial charge is 0.258 e. The molecule has 110 valence electrons. The molecule has 2 aromatic rings. The first-order valence-electron chi connectivity index (χ1n) is 6.87. The van der Waals surface area contributed by atoms with Crippen molar-refractivity contribution in [2.75, 3.05) is 5.32 Å². The van der Waals surface area contributed by atoms with Gasteiger partial charge in [-0.1, -0.05) is 41.9 Å². The predicted octanol–water partition coefficient (Wildman–Crippen LogP) is 5.35. The van der Waals surface area contributed by atoms with Gasteiger partial charge in [-0.05, 0) is 48.2 Å². The lowest BCUT2D eigenvalue weighted by molar-refractivity contribution is 0.102. The van der Waals surface area contributed by atoms with E-state index in [1.165, 1.54) is 17.7 Å². The Kier molecular flexibility index (Phi) is 5.12. The van der Waals surface area contributed by atoms with Gasteiger partial charge in [-0.2, -0.15) is 0 Å². The molecule has 21 heavy (non-hydrogen) atoms. The van der Waals surface area contributed by atoms with Gasteiger partial charge in [0.1, 0.15) is 5.82 Å². The van der Waals surface area contributed by atoms with Gasteiger partial charge in [-0.15, -0.1) is 0 Å². The van der Waals surface area contributed by atoms with Crippen LogP contribution in [0.3, 0.4) is 0 Å². The van der Waals surface area contributed by atoms with E-state index in [4.69, 9.17) is 0 Å². The molecule has 4 heteroatoms. The van der Waals surface area contributed by atoms with Crippen LogP contribution in [0.2, 0.25) is 0 Å². The van der Waals surface area contributed by atoms with E-state index in [1.807, 2.05) is 24.3 Å². The summed E-state index contributed by atoms with van der Waals surface area (Å²) in [7, 11) is 0. The Morgan fingerprint density at radius 1 is 1.24 bits per heavy atom. The molecule has 0 heterocycles. The average molecular weight is 350 g/mol. The number of carbonyl (C=O) groups is 1. The molecule has 0 aromatic heterocycles. The molecule has 0 aliphatic carbocycles. The first kappa shape index (κ1) is 15.7. The van der Waals surface area contributed by atoms with Crippen LogP contribution in [0.15, 0.2) is 46.9 Å². The van der Waals surface area contributed by atoms with Crippen molar-refractivity contribution in [3.8, 4) is 0 Å². The minimum atomic E-state index is -0.543. The third-order valence-corrected chi connectivity index (χ3v) is 4.02. The fourth-order valence-electron chi connectivity index (χ4n) is 2.00. The summed E-state index contributed by atoms with van der Waals surface area (Å²) in [5, 5.41) is 2.71. The average Bonchev–Trinajstić information content (AvgIpc) is 2.47. The summed E-state index contributed by atoms with van der Waals surface area (Å²) in [4.78, 5) is 12.1. The van der Waals surface area contributed by atoms with Crippen molar-refractivity contribution in [1.82, 2.24) is 0 Å². The maximum atomic E-state index is 13.7. The number of rotatable bonds is 4. The lowest BCUT2D eigenvalue weighted by Crippen LogP contribution is -2.13. The summed E-state index contributed by atoms with van der Waals surface area (Å²) in [5.41, 5.74) is 1.92. The Balaban J connectivity index is 2.12. The van der Waals surface area contributed by atoms with Crippen LogP contribution in [0.25, 0.3) is 0 Å². The van der Waals surface area contributed by atoms with E-state index in [0.717, 1.165) is 6.42 Å². The highest BCUT2D eigenvalue weighted by atomic mass is 79.9. The molecular formula is C17H17BrFNO. The second-order valence-electron chi connectivity index (χ2n) is 5.01. The quantitative estimate of drug-likeness (QED) is 0.791. The Bertz CT molecular complexity index is 640. The molecule has 0 aliphatic heterocycles. The summed E-state index contributed by atoms with van der Waals surface area (Å²) in [6, 6.07) is 12.0. The van der Waals surface area contributed by atoms with E-state index in [9.17, 15) is 9.18 Å². The van der Waals surface area contributed by atoms with Gasteiger partial charge in [0.15, 0.2) is 0 Å². The normalized spacial score (nSPS) is 12.0. The summed E-state index contributed by atoms with van der Waals surface area (Å²) < 4.78 is 14.3. The van der Waals surface area contributed by atoms with Crippen molar-refractivity contribution < 1.29 is 9.18 Å². The van der Waals surface area contributed by atoms with Crippen molar-refractivity contribution in [1.29, 1.82) is 0 Å². The van der Waals surface area contributed by atoms with Gasteiger partial charge in [-0.3, -0.25) is 4.79 Å². The van der Waals surface area contributed by atoms with Gasteiger partial charge < -0.3 is 5.32 Å². The van der Waals surface area contributed by atoms with Crippen LogP contribution >= 0.6 is 15.9 Å². The molecule has 1 N–H and O–H groups in total. The number of hydrogen-bond donors (Lipinski definition) is 1. The van der Waals surface area contributed by atoms with Gasteiger partial charge in [0.05, 0.1) is 5.56 Å². The molecule has 0 saturated carbocycles. The van der Waals surface area contributed by atoms with Gasteiger partial charge in [0.2, 0.25) is 0 Å². The Hall–Kier alpha value is -1.68. The van der Waals surface area contributed by atoms with Crippen LogP contribution in [-0.4, -0.2) is 5.91 Å². The number of nitrogens with one attached hydrogen (secondary N) is 1. The highest BCUT2D eigenvalue weighted by Crippen LogP contribution is 2.21. The van der Waals surface area contributed by atoms with Crippen LogP contribution in [0.4, 0.5) is 10.1 Å². The van der Waals surface area contributed by atoms with Crippen LogP contribution in [0.5, 0.6) is 0 Å². The zero-order valence-electron chi connectivity index (χ0n) is 12.0. The van der Waals surface area contributed by atoms with Crippen molar-refractivity contribution in [3.05, 3.63) is 63.9 Å². The highest BCUT2D eigenvalue weighted by Gasteiger charge is 2.12. The van der Waals surface area contributed by atoms with E-state index < -0.39 is 11.7 Å². The molecule has 0 saturated heterocycles. The molecule has 1 atom stereocenters. The standard InChI is InChI=1S/C17H17BrFNO/c1-3-11(2)12-4-7-14(8-5-12)20-17(21)15-9-6-13(18)10-16(15)19/h4-11H,3H2,1-2H3,(H,20,21). The van der Waals surface area contributed by atoms with Gasteiger partial charge >= 0.3 is 0 Å². The number of halogens is 2. The van der Waals surface area contributed by atoms with Gasteiger partial charge in [0.25, 0.3) is 5.91 Å². The fourth-order valence-corrected chi connectivity index (χ4v) is 2.34. The summed E-state index contributed by atoms with van der Waals surface area (Å²) in [6.45, 7) is 4.29. The maximum absolute atomic E-state index is 13.7. The SMILES string of the molecule is CCC(C)c1ccc(NC(=O)c2ccc(Br)cc2F)cc1. The van der Waals surface area contributed by atoms with Crippen molar-refractivity contribution in [2.45, 2.75) is 26.2 Å². The van der Waals surface area contributed by atoms with Crippen LogP contribution in [0.1, 0.15) is 42.1 Å². The summed E-state index contributed by atoms with van der Waals surface area (Å²) in [6.07, 6.45) is 1.07. The molecule has 1 unspecified atom stereocenters. The molecule has 0 spiro atoms. The fraction of sp³-hybridized carbons (Fsp3) is 0.235. The number of anilines is 1. The number of carbonyl (C=O) groups excluding carboxylic acids is 1. The summed E-state index contributed by atoms with van der Waals surface area (Å²) >= 11 is 3.17. The molecule has 2 rings (SSSR count). The lowest BCUT2D eigenvalue weighted by Gasteiger charge is -2.11. The van der Waals surface area contributed by atoms with E-state index >= 15 is 0 Å².